The predicted octanol–water partition coefficient (Wildman–Crippen LogP) is 5.23. The van der Waals surface area contributed by atoms with E-state index in [1.54, 1.807) is 13.2 Å². The van der Waals surface area contributed by atoms with Crippen molar-refractivity contribution in [3.8, 4) is 16.9 Å². The molecule has 0 radical (unpaired) electrons. The maximum absolute atomic E-state index is 13.0. The molecule has 0 atom stereocenters. The van der Waals surface area contributed by atoms with Gasteiger partial charge < -0.3 is 15.8 Å². The van der Waals surface area contributed by atoms with E-state index in [1.165, 1.54) is 0 Å². The second-order valence-electron chi connectivity index (χ2n) is 7.26. The molecule has 5 aromatic rings. The van der Waals surface area contributed by atoms with Crippen LogP contribution in [0, 0.1) is 0 Å². The van der Waals surface area contributed by atoms with Gasteiger partial charge in [-0.25, -0.2) is 0 Å². The molecule has 152 valence electrons. The molecule has 0 aliphatic heterocycles. The summed E-state index contributed by atoms with van der Waals surface area (Å²) >= 11 is 0. The van der Waals surface area contributed by atoms with Crippen molar-refractivity contribution < 1.29 is 9.53 Å². The van der Waals surface area contributed by atoms with Crippen LogP contribution in [0.15, 0.2) is 78.9 Å². The molecule has 0 fully saturated rings. The Labute approximate surface area is 178 Å². The van der Waals surface area contributed by atoms with Crippen LogP contribution in [0.25, 0.3) is 32.8 Å². The first-order chi connectivity index (χ1) is 15.1. The van der Waals surface area contributed by atoms with Crippen LogP contribution in [-0.2, 0) is 0 Å². The highest BCUT2D eigenvalue weighted by Crippen LogP contribution is 2.33. The van der Waals surface area contributed by atoms with Crippen LogP contribution in [-0.4, -0.2) is 23.2 Å². The summed E-state index contributed by atoms with van der Waals surface area (Å²) in [6.45, 7) is 0. The molecule has 4 aromatic carbocycles. The van der Waals surface area contributed by atoms with Gasteiger partial charge in [0.15, 0.2) is 5.82 Å². The number of ether oxygens (including phenoxy) is 1. The molecule has 0 aliphatic rings. The van der Waals surface area contributed by atoms with Crippen molar-refractivity contribution in [1.29, 1.82) is 0 Å². The third-order valence-corrected chi connectivity index (χ3v) is 5.38. The zero-order chi connectivity index (χ0) is 21.4. The average Bonchev–Trinajstić information content (AvgIpc) is 3.19. The number of hydrogen-bond acceptors (Lipinski definition) is 4. The lowest BCUT2D eigenvalue weighted by molar-refractivity contribution is 0.102. The van der Waals surface area contributed by atoms with Crippen molar-refractivity contribution in [2.45, 2.75) is 0 Å². The highest BCUT2D eigenvalue weighted by atomic mass is 16.5. The summed E-state index contributed by atoms with van der Waals surface area (Å²) in [5.74, 6) is 0.984. The quantitative estimate of drug-likeness (QED) is 0.380. The number of aromatic nitrogens is 2. The molecule has 1 aromatic heterocycles. The SMILES string of the molecule is COc1cccc(NC(=O)c2cccc3cc(-c4cccc5[nH]nc(N)c45)ccc23)c1. The summed E-state index contributed by atoms with van der Waals surface area (Å²) in [4.78, 5) is 13.0. The third kappa shape index (κ3) is 3.34. The largest absolute Gasteiger partial charge is 0.497 e. The molecule has 0 saturated heterocycles. The molecule has 6 heteroatoms. The monoisotopic (exact) mass is 408 g/mol. The van der Waals surface area contributed by atoms with Gasteiger partial charge in [-0.05, 0) is 52.2 Å². The number of nitrogen functional groups attached to an aromatic ring is 1. The molecule has 31 heavy (non-hydrogen) atoms. The van der Waals surface area contributed by atoms with Crippen LogP contribution in [0.4, 0.5) is 11.5 Å². The van der Waals surface area contributed by atoms with Gasteiger partial charge in [-0.1, -0.05) is 42.5 Å². The summed E-state index contributed by atoms with van der Waals surface area (Å²) in [6, 6.07) is 25.0. The van der Waals surface area contributed by atoms with Gasteiger partial charge in [0.1, 0.15) is 5.75 Å². The van der Waals surface area contributed by atoms with Crippen LogP contribution >= 0.6 is 0 Å². The lowest BCUT2D eigenvalue weighted by atomic mass is 9.96. The van der Waals surface area contributed by atoms with E-state index < -0.39 is 0 Å². The van der Waals surface area contributed by atoms with Gasteiger partial charge >= 0.3 is 0 Å². The number of amides is 1. The molecule has 1 amide bonds. The zero-order valence-electron chi connectivity index (χ0n) is 16.8. The second kappa shape index (κ2) is 7.50. The molecule has 0 aliphatic carbocycles. The molecule has 0 bridgehead atoms. The average molecular weight is 408 g/mol. The molecule has 0 spiro atoms. The number of nitrogens with zero attached hydrogens (tertiary/aromatic N) is 1. The number of nitrogens with one attached hydrogen (secondary N) is 2. The third-order valence-electron chi connectivity index (χ3n) is 5.38. The fourth-order valence-electron chi connectivity index (χ4n) is 3.89. The van der Waals surface area contributed by atoms with Crippen LogP contribution < -0.4 is 15.8 Å². The lowest BCUT2D eigenvalue weighted by Crippen LogP contribution is -2.12. The van der Waals surface area contributed by atoms with Crippen molar-refractivity contribution in [2.75, 3.05) is 18.2 Å². The number of aromatic amines is 1. The fraction of sp³-hybridized carbons (Fsp3) is 0.0400. The number of benzene rings is 4. The van der Waals surface area contributed by atoms with E-state index in [4.69, 9.17) is 10.5 Å². The highest BCUT2D eigenvalue weighted by molar-refractivity contribution is 6.13. The molecule has 5 rings (SSSR count). The smallest absolute Gasteiger partial charge is 0.256 e. The first-order valence-electron chi connectivity index (χ1n) is 9.85. The minimum Gasteiger partial charge on any atom is -0.497 e. The first-order valence-corrected chi connectivity index (χ1v) is 9.85. The summed E-state index contributed by atoms with van der Waals surface area (Å²) in [5, 5.41) is 12.8. The molecular weight excluding hydrogens is 388 g/mol. The number of hydrogen-bond donors (Lipinski definition) is 3. The van der Waals surface area contributed by atoms with Crippen molar-refractivity contribution in [1.82, 2.24) is 10.2 Å². The number of carbonyl (C=O) groups excluding carboxylic acids is 1. The molecule has 0 saturated carbocycles. The summed E-state index contributed by atoms with van der Waals surface area (Å²) in [7, 11) is 1.60. The molecular formula is C25H20N4O2. The first kappa shape index (κ1) is 18.7. The Morgan fingerprint density at radius 3 is 2.71 bits per heavy atom. The van der Waals surface area contributed by atoms with Crippen molar-refractivity contribution in [3.63, 3.8) is 0 Å². The van der Waals surface area contributed by atoms with Crippen molar-refractivity contribution in [2.24, 2.45) is 0 Å². The normalized spacial score (nSPS) is 11.0. The van der Waals surface area contributed by atoms with E-state index >= 15 is 0 Å². The standard InChI is InChI=1S/C25H20N4O2/c1-31-18-7-3-6-17(14-18)27-25(30)21-9-2-5-15-13-16(11-12-19(15)21)20-8-4-10-22-23(20)24(26)29-28-22/h2-14H,1H3,(H,27,30)(H3,26,28,29). The minimum absolute atomic E-state index is 0.173. The van der Waals surface area contributed by atoms with Gasteiger partial charge in [-0.15, -0.1) is 0 Å². The number of methoxy groups -OCH3 is 1. The van der Waals surface area contributed by atoms with Gasteiger partial charge in [0.2, 0.25) is 0 Å². The van der Waals surface area contributed by atoms with Crippen LogP contribution in [0.3, 0.4) is 0 Å². The van der Waals surface area contributed by atoms with Gasteiger partial charge in [0.25, 0.3) is 5.91 Å². The fourth-order valence-corrected chi connectivity index (χ4v) is 3.89. The topological polar surface area (TPSA) is 93.0 Å². The minimum atomic E-state index is -0.173. The van der Waals surface area contributed by atoms with Crippen LogP contribution in [0.5, 0.6) is 5.75 Å². The number of carbonyl (C=O) groups is 1. The van der Waals surface area contributed by atoms with E-state index in [9.17, 15) is 4.79 Å². The van der Waals surface area contributed by atoms with E-state index in [-0.39, 0.29) is 5.91 Å². The second-order valence-corrected chi connectivity index (χ2v) is 7.26. The Kier molecular flexibility index (Phi) is 4.52. The number of nitrogens with two attached hydrogens (primary N) is 1. The van der Waals surface area contributed by atoms with Gasteiger partial charge in [0, 0.05) is 17.3 Å². The maximum atomic E-state index is 13.0. The maximum Gasteiger partial charge on any atom is 0.256 e. The summed E-state index contributed by atoms with van der Waals surface area (Å²) in [5.41, 5.74) is 10.3. The van der Waals surface area contributed by atoms with E-state index in [1.807, 2.05) is 66.7 Å². The highest BCUT2D eigenvalue weighted by Gasteiger charge is 2.13. The molecule has 4 N–H and O–H groups in total. The lowest BCUT2D eigenvalue weighted by Gasteiger charge is -2.11. The molecule has 1 heterocycles. The van der Waals surface area contributed by atoms with Crippen LogP contribution in [0.1, 0.15) is 10.4 Å². The zero-order valence-corrected chi connectivity index (χ0v) is 16.8. The van der Waals surface area contributed by atoms with Crippen molar-refractivity contribution in [3.05, 3.63) is 84.4 Å². The Bertz CT molecular complexity index is 1440. The van der Waals surface area contributed by atoms with Gasteiger partial charge in [-0.3, -0.25) is 9.89 Å². The number of fused-ring (bicyclic) bond motifs is 2. The summed E-state index contributed by atoms with van der Waals surface area (Å²) < 4.78 is 5.23. The number of H-pyrrole nitrogens is 1. The molecule has 0 unspecified atom stereocenters. The Hall–Kier alpha value is -4.32. The Balaban J connectivity index is 1.54. The Morgan fingerprint density at radius 1 is 1.00 bits per heavy atom. The van der Waals surface area contributed by atoms with E-state index in [0.717, 1.165) is 32.8 Å². The predicted molar refractivity (Wildman–Crippen MR) is 124 cm³/mol. The van der Waals surface area contributed by atoms with Crippen molar-refractivity contribution >= 4 is 39.1 Å². The van der Waals surface area contributed by atoms with E-state index in [0.29, 0.717) is 22.8 Å². The number of rotatable bonds is 4. The summed E-state index contributed by atoms with van der Waals surface area (Å²) in [6.07, 6.45) is 0. The van der Waals surface area contributed by atoms with Gasteiger partial charge in [-0.2, -0.15) is 5.10 Å². The number of anilines is 2. The molecule has 6 nitrogen and oxygen atoms in total. The van der Waals surface area contributed by atoms with Crippen LogP contribution in [0.2, 0.25) is 0 Å². The Morgan fingerprint density at radius 2 is 1.84 bits per heavy atom. The van der Waals surface area contributed by atoms with Gasteiger partial charge in [0.05, 0.1) is 18.0 Å². The van der Waals surface area contributed by atoms with E-state index in [2.05, 4.69) is 21.6 Å².